The number of carbonyl (C=O) groups excluding carboxylic acids is 1. The summed E-state index contributed by atoms with van der Waals surface area (Å²) in [6.45, 7) is 4.09. The summed E-state index contributed by atoms with van der Waals surface area (Å²) in [6, 6.07) is 13.0. The predicted octanol–water partition coefficient (Wildman–Crippen LogP) is 4.95. The summed E-state index contributed by atoms with van der Waals surface area (Å²) in [5.41, 5.74) is 2.62. The lowest BCUT2D eigenvalue weighted by Gasteiger charge is -2.25. The van der Waals surface area contributed by atoms with Gasteiger partial charge in [0.05, 0.1) is 17.8 Å². The van der Waals surface area contributed by atoms with Gasteiger partial charge in [-0.15, -0.1) is 0 Å². The molecule has 0 saturated heterocycles. The highest BCUT2D eigenvalue weighted by Gasteiger charge is 2.31. The lowest BCUT2D eigenvalue weighted by molar-refractivity contribution is -0.137. The lowest BCUT2D eigenvalue weighted by Crippen LogP contribution is -2.37. The summed E-state index contributed by atoms with van der Waals surface area (Å²) in [5, 5.41) is 4.14. The van der Waals surface area contributed by atoms with Crippen LogP contribution in [0.5, 0.6) is 0 Å². The molecule has 0 spiro atoms. The Morgan fingerprint density at radius 1 is 1.21 bits per heavy atom. The van der Waals surface area contributed by atoms with Crippen molar-refractivity contribution in [1.82, 2.24) is 4.90 Å². The van der Waals surface area contributed by atoms with E-state index in [2.05, 4.69) is 5.16 Å². The molecular weight excluding hydrogens is 381 g/mol. The Labute approximate surface area is 168 Å². The summed E-state index contributed by atoms with van der Waals surface area (Å²) >= 11 is 0. The Hall–Kier alpha value is -2.83. The van der Waals surface area contributed by atoms with Crippen molar-refractivity contribution >= 4 is 11.6 Å². The number of halogens is 3. The van der Waals surface area contributed by atoms with Crippen LogP contribution in [0.25, 0.3) is 0 Å². The summed E-state index contributed by atoms with van der Waals surface area (Å²) in [7, 11) is 0. The number of hydrogen-bond acceptors (Lipinski definition) is 3. The molecule has 0 aliphatic carbocycles. The lowest BCUT2D eigenvalue weighted by atomic mass is 10.0. The van der Waals surface area contributed by atoms with Gasteiger partial charge in [0.15, 0.2) is 6.10 Å². The van der Waals surface area contributed by atoms with Gasteiger partial charge in [-0.3, -0.25) is 4.79 Å². The molecule has 0 aromatic heterocycles. The van der Waals surface area contributed by atoms with Crippen LogP contribution in [0.1, 0.15) is 42.0 Å². The Morgan fingerprint density at radius 3 is 2.59 bits per heavy atom. The number of alkyl halides is 3. The van der Waals surface area contributed by atoms with Crippen molar-refractivity contribution in [2.75, 3.05) is 6.54 Å². The molecule has 1 heterocycles. The summed E-state index contributed by atoms with van der Waals surface area (Å²) in [5.74, 6) is -0.144. The van der Waals surface area contributed by atoms with Gasteiger partial charge in [0, 0.05) is 19.4 Å². The minimum atomic E-state index is -4.42. The summed E-state index contributed by atoms with van der Waals surface area (Å²) in [6.07, 6.45) is -3.94. The fourth-order valence-electron chi connectivity index (χ4n) is 3.23. The third-order valence-electron chi connectivity index (χ3n) is 4.82. The zero-order valence-electron chi connectivity index (χ0n) is 16.4. The monoisotopic (exact) mass is 404 g/mol. The number of nitrogens with zero attached hydrogens (tertiary/aromatic N) is 2. The molecule has 3 rings (SSSR count). The Kier molecular flexibility index (Phi) is 6.25. The minimum absolute atomic E-state index is 0.0936. The van der Waals surface area contributed by atoms with Gasteiger partial charge in [-0.05, 0) is 30.2 Å². The second-order valence-electron chi connectivity index (χ2n) is 7.16. The standard InChI is InChI=1S/C22H23F3N2O2/c1-3-21(28)27(13-16-5-4-6-18(11-16)22(23,24)25)14-19-12-20(26-29-19)17-9-7-15(2)8-10-17/h4-11,19H,3,12-14H2,1-2H3. The molecule has 1 atom stereocenters. The molecule has 2 aromatic rings. The van der Waals surface area contributed by atoms with Gasteiger partial charge in [-0.2, -0.15) is 13.2 Å². The van der Waals surface area contributed by atoms with Crippen LogP contribution in [-0.4, -0.2) is 29.2 Å². The van der Waals surface area contributed by atoms with Gasteiger partial charge in [0.1, 0.15) is 0 Å². The maximum atomic E-state index is 13.0. The molecule has 0 saturated carbocycles. The maximum Gasteiger partial charge on any atom is 0.416 e. The highest BCUT2D eigenvalue weighted by molar-refractivity contribution is 6.01. The van der Waals surface area contributed by atoms with Gasteiger partial charge in [-0.1, -0.05) is 54.0 Å². The van der Waals surface area contributed by atoms with E-state index >= 15 is 0 Å². The van der Waals surface area contributed by atoms with Crippen molar-refractivity contribution in [2.24, 2.45) is 5.16 Å². The third kappa shape index (κ3) is 5.37. The molecular formula is C22H23F3N2O2. The summed E-state index contributed by atoms with van der Waals surface area (Å²) < 4.78 is 38.9. The average Bonchev–Trinajstić information content (AvgIpc) is 3.15. The van der Waals surface area contributed by atoms with Gasteiger partial charge in [0.25, 0.3) is 0 Å². The molecule has 1 amide bonds. The molecule has 0 bridgehead atoms. The quantitative estimate of drug-likeness (QED) is 0.684. The van der Waals surface area contributed by atoms with Crippen LogP contribution < -0.4 is 0 Å². The first kappa shape index (κ1) is 20.9. The highest BCUT2D eigenvalue weighted by Crippen LogP contribution is 2.30. The number of aryl methyl sites for hydroxylation is 1. The smallest absolute Gasteiger partial charge is 0.390 e. The zero-order valence-corrected chi connectivity index (χ0v) is 16.4. The van der Waals surface area contributed by atoms with Crippen LogP contribution >= 0.6 is 0 Å². The fraction of sp³-hybridized carbons (Fsp3) is 0.364. The van der Waals surface area contributed by atoms with Gasteiger partial charge in [0.2, 0.25) is 5.91 Å². The van der Waals surface area contributed by atoms with Crippen molar-refractivity contribution < 1.29 is 22.8 Å². The molecule has 1 aliphatic rings. The SMILES string of the molecule is CCC(=O)N(Cc1cccc(C(F)(F)F)c1)CC1CC(c2ccc(C)cc2)=NO1. The molecule has 154 valence electrons. The molecule has 29 heavy (non-hydrogen) atoms. The van der Waals surface area contributed by atoms with Crippen LogP contribution in [0, 0.1) is 6.92 Å². The van der Waals surface area contributed by atoms with E-state index in [9.17, 15) is 18.0 Å². The zero-order chi connectivity index (χ0) is 21.0. The first-order valence-electron chi connectivity index (χ1n) is 9.50. The molecule has 2 aromatic carbocycles. The molecule has 0 N–H and O–H groups in total. The van der Waals surface area contributed by atoms with Crippen LogP contribution in [-0.2, 0) is 22.4 Å². The van der Waals surface area contributed by atoms with Gasteiger partial charge in [-0.25, -0.2) is 0 Å². The number of benzene rings is 2. The normalized spacial score (nSPS) is 16.3. The molecule has 0 radical (unpaired) electrons. The Bertz CT molecular complexity index is 892. The van der Waals surface area contributed by atoms with E-state index in [-0.39, 0.29) is 31.5 Å². The Balaban J connectivity index is 1.68. The van der Waals surface area contributed by atoms with Crippen molar-refractivity contribution in [3.63, 3.8) is 0 Å². The first-order chi connectivity index (χ1) is 13.8. The van der Waals surface area contributed by atoms with Crippen LogP contribution in [0.3, 0.4) is 0 Å². The van der Waals surface area contributed by atoms with E-state index in [0.29, 0.717) is 12.0 Å². The average molecular weight is 404 g/mol. The van der Waals surface area contributed by atoms with E-state index in [4.69, 9.17) is 4.84 Å². The van der Waals surface area contributed by atoms with E-state index in [1.54, 1.807) is 13.0 Å². The molecule has 1 aliphatic heterocycles. The van der Waals surface area contributed by atoms with E-state index in [0.717, 1.165) is 29.0 Å². The van der Waals surface area contributed by atoms with Crippen molar-refractivity contribution in [2.45, 2.75) is 45.5 Å². The van der Waals surface area contributed by atoms with Crippen LogP contribution in [0.4, 0.5) is 13.2 Å². The molecule has 0 fully saturated rings. The molecule has 7 heteroatoms. The molecule has 1 unspecified atom stereocenters. The van der Waals surface area contributed by atoms with Gasteiger partial charge < -0.3 is 9.74 Å². The number of rotatable bonds is 6. The molecule has 4 nitrogen and oxygen atoms in total. The van der Waals surface area contributed by atoms with E-state index in [1.807, 2.05) is 31.2 Å². The van der Waals surface area contributed by atoms with E-state index < -0.39 is 11.7 Å². The predicted molar refractivity (Wildman–Crippen MR) is 104 cm³/mol. The van der Waals surface area contributed by atoms with Crippen LogP contribution in [0.15, 0.2) is 53.7 Å². The minimum Gasteiger partial charge on any atom is -0.390 e. The second-order valence-corrected chi connectivity index (χ2v) is 7.16. The largest absolute Gasteiger partial charge is 0.416 e. The summed E-state index contributed by atoms with van der Waals surface area (Å²) in [4.78, 5) is 19.4. The third-order valence-corrected chi connectivity index (χ3v) is 4.82. The number of hydrogen-bond donors (Lipinski definition) is 0. The topological polar surface area (TPSA) is 41.9 Å². The van der Waals surface area contributed by atoms with Crippen molar-refractivity contribution in [3.05, 3.63) is 70.8 Å². The number of amides is 1. The number of oxime groups is 1. The Morgan fingerprint density at radius 2 is 1.93 bits per heavy atom. The van der Waals surface area contributed by atoms with Crippen molar-refractivity contribution in [1.29, 1.82) is 0 Å². The van der Waals surface area contributed by atoms with Crippen molar-refractivity contribution in [3.8, 4) is 0 Å². The van der Waals surface area contributed by atoms with Gasteiger partial charge >= 0.3 is 6.18 Å². The van der Waals surface area contributed by atoms with E-state index in [1.165, 1.54) is 11.0 Å². The van der Waals surface area contributed by atoms with Crippen LogP contribution in [0.2, 0.25) is 0 Å². The first-order valence-corrected chi connectivity index (χ1v) is 9.50. The number of carbonyl (C=O) groups is 1. The second kappa shape index (κ2) is 8.68. The highest BCUT2D eigenvalue weighted by atomic mass is 19.4. The maximum absolute atomic E-state index is 13.0. The fourth-order valence-corrected chi connectivity index (χ4v) is 3.23.